The lowest BCUT2D eigenvalue weighted by molar-refractivity contribution is -0.371. The molecule has 0 aliphatic heterocycles. The second-order valence-corrected chi connectivity index (χ2v) is 3.55. The Morgan fingerprint density at radius 2 is 1.45 bits per heavy atom. The summed E-state index contributed by atoms with van der Waals surface area (Å²) in [5.41, 5.74) is 0. The van der Waals surface area contributed by atoms with Gasteiger partial charge in [-0.25, -0.2) is 4.79 Å². The predicted molar refractivity (Wildman–Crippen MR) is 61.7 cm³/mol. The third kappa shape index (κ3) is 9.78. The molecule has 0 atom stereocenters. The maximum absolute atomic E-state index is 11.3. The van der Waals surface area contributed by atoms with Gasteiger partial charge in [-0.1, -0.05) is 12.2 Å². The van der Waals surface area contributed by atoms with Crippen molar-refractivity contribution in [3.63, 3.8) is 0 Å². The van der Waals surface area contributed by atoms with Gasteiger partial charge in [0.2, 0.25) is 0 Å². The smallest absolute Gasteiger partial charge is 0.465 e. The minimum atomic E-state index is -6.02. The number of hydroxylamine groups is 2. The van der Waals surface area contributed by atoms with Crippen LogP contribution >= 0.6 is 0 Å². The SMILES string of the molecule is CCCN(OCCO)OCCO.O=C(O)C(F)(F)C(F)(F)F. The molecule has 0 aromatic carbocycles. The van der Waals surface area contributed by atoms with Crippen LogP contribution in [0.25, 0.3) is 0 Å². The van der Waals surface area contributed by atoms with Gasteiger partial charge in [0.15, 0.2) is 0 Å². The number of rotatable bonds is 9. The number of carbonyl (C=O) groups is 1. The zero-order valence-electron chi connectivity index (χ0n) is 11.6. The summed E-state index contributed by atoms with van der Waals surface area (Å²) in [5.74, 6) is -8.84. The number of carboxylic acids is 1. The molecule has 12 heteroatoms. The topological polar surface area (TPSA) is 99.5 Å². The highest BCUT2D eigenvalue weighted by Crippen LogP contribution is 2.35. The van der Waals surface area contributed by atoms with Crippen molar-refractivity contribution < 1.29 is 51.7 Å². The largest absolute Gasteiger partial charge is 0.477 e. The number of halogens is 5. The zero-order chi connectivity index (χ0) is 17.8. The summed E-state index contributed by atoms with van der Waals surface area (Å²) in [7, 11) is 0. The Labute approximate surface area is 122 Å². The molecule has 0 aromatic heterocycles. The van der Waals surface area contributed by atoms with Crippen molar-refractivity contribution in [2.75, 3.05) is 33.0 Å². The summed E-state index contributed by atoms with van der Waals surface area (Å²) >= 11 is 0. The van der Waals surface area contributed by atoms with Crippen LogP contribution in [-0.4, -0.2) is 71.6 Å². The molecular weight excluding hydrogens is 325 g/mol. The molecule has 0 spiro atoms. The molecule has 0 unspecified atom stereocenters. The molecule has 3 N–H and O–H groups in total. The Hall–Kier alpha value is -1.08. The normalized spacial score (nSPS) is 12.0. The van der Waals surface area contributed by atoms with E-state index in [0.29, 0.717) is 6.54 Å². The summed E-state index contributed by atoms with van der Waals surface area (Å²) in [6.45, 7) is 2.96. The fourth-order valence-electron chi connectivity index (χ4n) is 0.755. The molecule has 0 aliphatic carbocycles. The average Bonchev–Trinajstić information content (AvgIpc) is 2.41. The minimum absolute atomic E-state index is 0.0390. The van der Waals surface area contributed by atoms with Gasteiger partial charge in [-0.3, -0.25) is 9.68 Å². The molecular formula is C10H18F5NO6. The predicted octanol–water partition coefficient (Wildman–Crippen LogP) is 0.815. The van der Waals surface area contributed by atoms with Crippen molar-refractivity contribution in [3.8, 4) is 0 Å². The molecule has 0 amide bonds. The Morgan fingerprint density at radius 3 is 1.64 bits per heavy atom. The summed E-state index contributed by atoms with van der Waals surface area (Å²) in [5, 5.41) is 25.5. The second kappa shape index (κ2) is 11.5. The van der Waals surface area contributed by atoms with E-state index in [2.05, 4.69) is 0 Å². The summed E-state index contributed by atoms with van der Waals surface area (Å²) in [6, 6.07) is 0. The van der Waals surface area contributed by atoms with Crippen molar-refractivity contribution in [1.82, 2.24) is 5.23 Å². The van der Waals surface area contributed by atoms with Crippen molar-refractivity contribution in [3.05, 3.63) is 0 Å². The average molecular weight is 343 g/mol. The number of aliphatic hydroxyl groups excluding tert-OH is 2. The quantitative estimate of drug-likeness (QED) is 0.421. The minimum Gasteiger partial charge on any atom is -0.477 e. The monoisotopic (exact) mass is 343 g/mol. The van der Waals surface area contributed by atoms with Crippen LogP contribution < -0.4 is 0 Å². The van der Waals surface area contributed by atoms with Gasteiger partial charge in [-0.15, -0.1) is 0 Å². The first-order chi connectivity index (χ1) is 10.0. The molecule has 0 saturated carbocycles. The lowest BCUT2D eigenvalue weighted by atomic mass is 10.3. The molecule has 7 nitrogen and oxygen atoms in total. The number of nitrogens with zero attached hydrogens (tertiary/aromatic N) is 1. The lowest BCUT2D eigenvalue weighted by Crippen LogP contribution is -2.43. The van der Waals surface area contributed by atoms with E-state index >= 15 is 0 Å². The van der Waals surface area contributed by atoms with E-state index in [0.717, 1.165) is 6.42 Å². The number of carboxylic acid groups (broad SMARTS) is 1. The van der Waals surface area contributed by atoms with Crippen molar-refractivity contribution in [1.29, 1.82) is 0 Å². The van der Waals surface area contributed by atoms with Crippen LogP contribution in [0.2, 0.25) is 0 Å². The van der Waals surface area contributed by atoms with Gasteiger partial charge in [0.1, 0.15) is 0 Å². The lowest BCUT2D eigenvalue weighted by Gasteiger charge is -2.19. The van der Waals surface area contributed by atoms with Crippen LogP contribution in [0.15, 0.2) is 0 Å². The Morgan fingerprint density at radius 1 is 1.05 bits per heavy atom. The first-order valence-corrected chi connectivity index (χ1v) is 5.97. The van der Waals surface area contributed by atoms with Crippen LogP contribution in [0, 0.1) is 0 Å². The molecule has 22 heavy (non-hydrogen) atoms. The van der Waals surface area contributed by atoms with E-state index in [-0.39, 0.29) is 26.4 Å². The van der Waals surface area contributed by atoms with Crippen molar-refractivity contribution in [2.45, 2.75) is 25.4 Å². The Bertz CT molecular complexity index is 294. The Balaban J connectivity index is 0. The standard InChI is InChI=1S/C7H17NO4.C3HF5O2/c1-2-3-8(11-6-4-9)12-7-5-10;4-2(5,1(9)10)3(6,7)8/h9-10H,2-7H2,1H3;(H,9,10). The molecule has 0 aliphatic rings. The van der Waals surface area contributed by atoms with Gasteiger partial charge < -0.3 is 15.3 Å². The molecule has 0 saturated heterocycles. The van der Waals surface area contributed by atoms with Crippen LogP contribution in [0.1, 0.15) is 13.3 Å². The molecule has 0 heterocycles. The molecule has 0 fully saturated rings. The van der Waals surface area contributed by atoms with Gasteiger partial charge >= 0.3 is 18.1 Å². The first kappa shape index (κ1) is 23.2. The van der Waals surface area contributed by atoms with Gasteiger partial charge in [0.05, 0.1) is 33.0 Å². The van der Waals surface area contributed by atoms with E-state index in [1.165, 1.54) is 5.23 Å². The van der Waals surface area contributed by atoms with E-state index in [9.17, 15) is 26.7 Å². The summed E-state index contributed by atoms with van der Waals surface area (Å²) < 4.78 is 55.5. The van der Waals surface area contributed by atoms with E-state index in [1.807, 2.05) is 6.92 Å². The van der Waals surface area contributed by atoms with Gasteiger partial charge in [0, 0.05) is 0 Å². The number of hydrogen-bond acceptors (Lipinski definition) is 6. The van der Waals surface area contributed by atoms with Crippen LogP contribution in [-0.2, 0) is 14.5 Å². The molecule has 0 bridgehead atoms. The highest BCUT2D eigenvalue weighted by atomic mass is 19.4. The Kier molecular flexibility index (Phi) is 12.1. The van der Waals surface area contributed by atoms with E-state index in [1.54, 1.807) is 0 Å². The fraction of sp³-hybridized carbons (Fsp3) is 0.900. The first-order valence-electron chi connectivity index (χ1n) is 5.97. The van der Waals surface area contributed by atoms with Crippen LogP contribution in [0.5, 0.6) is 0 Å². The molecule has 134 valence electrons. The number of alkyl halides is 5. The molecule has 0 radical (unpaired) electrons. The maximum Gasteiger partial charge on any atom is 0.465 e. The van der Waals surface area contributed by atoms with Crippen LogP contribution in [0.4, 0.5) is 22.0 Å². The van der Waals surface area contributed by atoms with Crippen molar-refractivity contribution >= 4 is 5.97 Å². The number of hydrogen-bond donors (Lipinski definition) is 3. The summed E-state index contributed by atoms with van der Waals surface area (Å²) in [6.07, 6.45) is -5.13. The molecule has 0 aromatic rings. The van der Waals surface area contributed by atoms with Crippen molar-refractivity contribution in [2.24, 2.45) is 0 Å². The third-order valence-corrected chi connectivity index (χ3v) is 1.68. The third-order valence-electron chi connectivity index (χ3n) is 1.68. The second-order valence-electron chi connectivity index (χ2n) is 3.55. The van der Waals surface area contributed by atoms with Gasteiger partial charge in [0.25, 0.3) is 0 Å². The van der Waals surface area contributed by atoms with Crippen LogP contribution in [0.3, 0.4) is 0 Å². The summed E-state index contributed by atoms with van der Waals surface area (Å²) in [4.78, 5) is 19.2. The van der Waals surface area contributed by atoms with E-state index in [4.69, 9.17) is 25.0 Å². The van der Waals surface area contributed by atoms with Gasteiger partial charge in [-0.2, -0.15) is 22.0 Å². The number of aliphatic carboxylic acids is 1. The highest BCUT2D eigenvalue weighted by molar-refractivity contribution is 5.76. The fourth-order valence-corrected chi connectivity index (χ4v) is 0.755. The zero-order valence-corrected chi connectivity index (χ0v) is 11.6. The molecule has 0 rings (SSSR count). The van der Waals surface area contributed by atoms with E-state index < -0.39 is 18.1 Å². The van der Waals surface area contributed by atoms with Gasteiger partial charge in [-0.05, 0) is 6.42 Å². The number of aliphatic hydroxyl groups is 2. The maximum atomic E-state index is 11.3. The highest BCUT2D eigenvalue weighted by Gasteiger charge is 2.64.